The first-order chi connectivity index (χ1) is 8.20. The van der Waals surface area contributed by atoms with Crippen LogP contribution >= 0.6 is 0 Å². The molecule has 2 heterocycles. The van der Waals surface area contributed by atoms with Gasteiger partial charge in [-0.25, -0.2) is 4.58 Å². The van der Waals surface area contributed by atoms with Crippen molar-refractivity contribution in [3.63, 3.8) is 0 Å². The molecule has 0 bridgehead atoms. The number of β-amino-alcohol motifs (C(OH)–C–C–N with tert-alkyl or cyclic N) is 1. The monoisotopic (exact) mass is 236 g/mol. The number of rotatable bonds is 1. The number of hydrogen-bond acceptors (Lipinski definition) is 4. The van der Waals surface area contributed by atoms with E-state index >= 15 is 0 Å². The van der Waals surface area contributed by atoms with Gasteiger partial charge in [-0.05, 0) is 6.07 Å². The molecule has 1 aromatic rings. The van der Waals surface area contributed by atoms with Crippen molar-refractivity contribution in [2.24, 2.45) is 0 Å². The SMILES string of the molecule is COc1c2c(cc3c1OCO3)C(O)C[N+](C)=C2. The van der Waals surface area contributed by atoms with E-state index in [2.05, 4.69) is 0 Å². The van der Waals surface area contributed by atoms with E-state index in [1.807, 2.05) is 23.9 Å². The predicted molar refractivity (Wildman–Crippen MR) is 60.3 cm³/mol. The fourth-order valence-electron chi connectivity index (χ4n) is 2.30. The maximum absolute atomic E-state index is 10.1. The largest absolute Gasteiger partial charge is 0.492 e. The number of nitrogens with zero attached hydrogens (tertiary/aromatic N) is 1. The van der Waals surface area contributed by atoms with Gasteiger partial charge in [-0.1, -0.05) is 0 Å². The summed E-state index contributed by atoms with van der Waals surface area (Å²) in [7, 11) is 3.50. The van der Waals surface area contributed by atoms with E-state index in [1.54, 1.807) is 7.11 Å². The molecular weight excluding hydrogens is 222 g/mol. The summed E-state index contributed by atoms with van der Waals surface area (Å²) < 4.78 is 18.0. The van der Waals surface area contributed by atoms with Crippen LogP contribution in [0.25, 0.3) is 0 Å². The van der Waals surface area contributed by atoms with Crippen molar-refractivity contribution in [3.8, 4) is 17.2 Å². The van der Waals surface area contributed by atoms with E-state index in [9.17, 15) is 5.11 Å². The van der Waals surface area contributed by atoms with E-state index in [1.165, 1.54) is 0 Å². The summed E-state index contributed by atoms with van der Waals surface area (Å²) in [6.45, 7) is 0.760. The Bertz CT molecular complexity index is 510. The normalized spacial score (nSPS) is 20.9. The molecule has 0 aliphatic carbocycles. The molecule has 0 radical (unpaired) electrons. The average molecular weight is 236 g/mol. The minimum atomic E-state index is -0.539. The van der Waals surface area contributed by atoms with E-state index in [-0.39, 0.29) is 6.79 Å². The minimum Gasteiger partial charge on any atom is -0.492 e. The lowest BCUT2D eigenvalue weighted by molar-refractivity contribution is -0.505. The lowest BCUT2D eigenvalue weighted by atomic mass is 9.98. The Kier molecular flexibility index (Phi) is 2.22. The fourth-order valence-corrected chi connectivity index (χ4v) is 2.30. The van der Waals surface area contributed by atoms with Crippen molar-refractivity contribution in [2.75, 3.05) is 27.5 Å². The molecule has 90 valence electrons. The molecule has 3 rings (SSSR count). The molecule has 0 aromatic heterocycles. The molecule has 1 atom stereocenters. The van der Waals surface area contributed by atoms with Crippen LogP contribution in [0.15, 0.2) is 6.07 Å². The molecule has 0 spiro atoms. The Morgan fingerprint density at radius 1 is 1.47 bits per heavy atom. The first-order valence-corrected chi connectivity index (χ1v) is 5.44. The van der Waals surface area contributed by atoms with Crippen LogP contribution in [0.3, 0.4) is 0 Å². The predicted octanol–water partition coefficient (Wildman–Crippen LogP) is 0.532. The van der Waals surface area contributed by atoms with Gasteiger partial charge in [0, 0.05) is 5.56 Å². The zero-order valence-electron chi connectivity index (χ0n) is 9.77. The maximum atomic E-state index is 10.1. The number of methoxy groups -OCH3 is 1. The number of hydrogen-bond donors (Lipinski definition) is 1. The van der Waals surface area contributed by atoms with Crippen LogP contribution in [0.4, 0.5) is 0 Å². The van der Waals surface area contributed by atoms with Gasteiger partial charge in [0.2, 0.25) is 12.5 Å². The number of aliphatic hydroxyl groups excluding tert-OH is 1. The van der Waals surface area contributed by atoms with Crippen molar-refractivity contribution in [3.05, 3.63) is 17.2 Å². The standard InChI is InChI=1S/C12H14NO4/c1-13-4-8-7(9(14)5-13)3-10-12(11(8)15-2)17-6-16-10/h3-4,9,14H,5-6H2,1-2H3/q+1. The van der Waals surface area contributed by atoms with Gasteiger partial charge in [0.05, 0.1) is 12.7 Å². The molecule has 2 aliphatic rings. The molecule has 0 saturated carbocycles. The number of likely N-dealkylation sites (N-methyl/N-ethyl adjacent to an activating group) is 1. The Balaban J connectivity index is 2.27. The molecule has 1 aromatic carbocycles. The fraction of sp³-hybridized carbons (Fsp3) is 0.417. The Morgan fingerprint density at radius 3 is 3.06 bits per heavy atom. The van der Waals surface area contributed by atoms with Gasteiger partial charge in [-0.15, -0.1) is 0 Å². The van der Waals surface area contributed by atoms with Crippen LogP contribution in [0.2, 0.25) is 0 Å². The summed E-state index contributed by atoms with van der Waals surface area (Å²) in [5.74, 6) is 1.88. The maximum Gasteiger partial charge on any atom is 0.231 e. The third-order valence-corrected chi connectivity index (χ3v) is 3.06. The van der Waals surface area contributed by atoms with Crippen molar-refractivity contribution in [1.29, 1.82) is 0 Å². The van der Waals surface area contributed by atoms with E-state index < -0.39 is 6.10 Å². The van der Waals surface area contributed by atoms with Crippen LogP contribution in [0, 0.1) is 0 Å². The highest BCUT2D eigenvalue weighted by Crippen LogP contribution is 2.46. The quantitative estimate of drug-likeness (QED) is 0.723. The van der Waals surface area contributed by atoms with Gasteiger partial charge in [-0.2, -0.15) is 0 Å². The van der Waals surface area contributed by atoms with Gasteiger partial charge in [-0.3, -0.25) is 0 Å². The van der Waals surface area contributed by atoms with E-state index in [0.29, 0.717) is 23.8 Å². The third kappa shape index (κ3) is 1.46. The molecule has 0 saturated heterocycles. The number of aliphatic hydroxyl groups is 1. The van der Waals surface area contributed by atoms with Gasteiger partial charge in [0.1, 0.15) is 13.2 Å². The number of ether oxygens (including phenoxy) is 3. The average Bonchev–Trinajstić information content (AvgIpc) is 2.74. The van der Waals surface area contributed by atoms with Gasteiger partial charge in [0.15, 0.2) is 24.3 Å². The van der Waals surface area contributed by atoms with Gasteiger partial charge >= 0.3 is 0 Å². The van der Waals surface area contributed by atoms with E-state index in [0.717, 1.165) is 11.1 Å². The zero-order chi connectivity index (χ0) is 12.0. The molecule has 5 nitrogen and oxygen atoms in total. The van der Waals surface area contributed by atoms with Gasteiger partial charge in [0.25, 0.3) is 0 Å². The third-order valence-electron chi connectivity index (χ3n) is 3.06. The molecule has 1 unspecified atom stereocenters. The van der Waals surface area contributed by atoms with Crippen molar-refractivity contribution in [2.45, 2.75) is 6.10 Å². The van der Waals surface area contributed by atoms with Crippen LogP contribution < -0.4 is 14.2 Å². The Hall–Kier alpha value is -1.75. The summed E-state index contributed by atoms with van der Waals surface area (Å²) in [5.41, 5.74) is 1.68. The van der Waals surface area contributed by atoms with Crippen molar-refractivity contribution < 1.29 is 23.9 Å². The smallest absolute Gasteiger partial charge is 0.231 e. The summed E-state index contributed by atoms with van der Waals surface area (Å²) in [4.78, 5) is 0. The highest BCUT2D eigenvalue weighted by Gasteiger charge is 2.32. The van der Waals surface area contributed by atoms with Crippen LogP contribution in [-0.2, 0) is 0 Å². The first kappa shape index (κ1) is 10.4. The first-order valence-electron chi connectivity index (χ1n) is 5.44. The lowest BCUT2D eigenvalue weighted by Crippen LogP contribution is -2.24. The molecule has 0 fully saturated rings. The lowest BCUT2D eigenvalue weighted by Gasteiger charge is -2.19. The summed E-state index contributed by atoms with van der Waals surface area (Å²) >= 11 is 0. The summed E-state index contributed by atoms with van der Waals surface area (Å²) in [6, 6.07) is 1.83. The molecular formula is C12H14NO4+. The van der Waals surface area contributed by atoms with Crippen molar-refractivity contribution in [1.82, 2.24) is 0 Å². The topological polar surface area (TPSA) is 50.9 Å². The number of benzene rings is 1. The molecule has 2 aliphatic heterocycles. The molecule has 1 N–H and O–H groups in total. The zero-order valence-corrected chi connectivity index (χ0v) is 9.77. The second-order valence-corrected chi connectivity index (χ2v) is 4.23. The minimum absolute atomic E-state index is 0.195. The Morgan fingerprint density at radius 2 is 2.29 bits per heavy atom. The van der Waals surface area contributed by atoms with Crippen LogP contribution in [0.1, 0.15) is 17.2 Å². The van der Waals surface area contributed by atoms with Crippen LogP contribution in [-0.4, -0.2) is 43.4 Å². The van der Waals surface area contributed by atoms with E-state index in [4.69, 9.17) is 14.2 Å². The van der Waals surface area contributed by atoms with Gasteiger partial charge < -0.3 is 19.3 Å². The summed E-state index contributed by atoms with van der Waals surface area (Å²) in [6.07, 6.45) is 1.41. The van der Waals surface area contributed by atoms with Crippen LogP contribution in [0.5, 0.6) is 17.2 Å². The van der Waals surface area contributed by atoms with Crippen molar-refractivity contribution >= 4 is 6.21 Å². The second-order valence-electron chi connectivity index (χ2n) is 4.23. The Labute approximate surface area is 98.8 Å². The number of fused-ring (bicyclic) bond motifs is 2. The molecule has 5 heteroatoms. The second kappa shape index (κ2) is 3.63. The molecule has 17 heavy (non-hydrogen) atoms. The molecule has 0 amide bonds. The highest BCUT2D eigenvalue weighted by molar-refractivity contribution is 5.86. The highest BCUT2D eigenvalue weighted by atomic mass is 16.7. The summed E-state index contributed by atoms with van der Waals surface area (Å²) in [5, 5.41) is 10.1.